The molecule has 106 valence electrons. The molecule has 1 aromatic heterocycles. The lowest BCUT2D eigenvalue weighted by Crippen LogP contribution is -2.24. The molecule has 0 saturated heterocycles. The number of nitrogens with one attached hydrogen (secondary N) is 1. The van der Waals surface area contributed by atoms with Gasteiger partial charge in [0.15, 0.2) is 5.76 Å². The maximum absolute atomic E-state index is 11.9. The summed E-state index contributed by atoms with van der Waals surface area (Å²) in [5.41, 5.74) is 0.771. The van der Waals surface area contributed by atoms with Crippen LogP contribution in [-0.2, 0) is 4.74 Å². The maximum atomic E-state index is 11.9. The molecule has 0 atom stereocenters. The average molecular weight is 294 g/mol. The SMILES string of the molecule is COCCCNC(=O)c1ccc(-c2ccccc2Cl)o1. The lowest BCUT2D eigenvalue weighted by atomic mass is 10.2. The molecule has 4 nitrogen and oxygen atoms in total. The lowest BCUT2D eigenvalue weighted by Gasteiger charge is -2.03. The van der Waals surface area contributed by atoms with Crippen molar-refractivity contribution in [3.05, 3.63) is 47.2 Å². The van der Waals surface area contributed by atoms with E-state index in [4.69, 9.17) is 20.8 Å². The van der Waals surface area contributed by atoms with Crippen molar-refractivity contribution in [1.29, 1.82) is 0 Å². The number of furan rings is 1. The Morgan fingerprint density at radius 1 is 1.30 bits per heavy atom. The Bertz CT molecular complexity index is 580. The fourth-order valence-corrected chi connectivity index (χ4v) is 2.00. The van der Waals surface area contributed by atoms with Crippen LogP contribution in [0.2, 0.25) is 5.02 Å². The minimum absolute atomic E-state index is 0.237. The van der Waals surface area contributed by atoms with E-state index in [2.05, 4.69) is 5.32 Å². The normalized spacial score (nSPS) is 10.5. The van der Waals surface area contributed by atoms with Gasteiger partial charge in [0, 0.05) is 25.8 Å². The molecule has 20 heavy (non-hydrogen) atoms. The second kappa shape index (κ2) is 7.12. The van der Waals surface area contributed by atoms with E-state index in [1.54, 1.807) is 25.3 Å². The van der Waals surface area contributed by atoms with E-state index in [0.29, 0.717) is 23.9 Å². The zero-order valence-electron chi connectivity index (χ0n) is 11.2. The van der Waals surface area contributed by atoms with Gasteiger partial charge in [-0.05, 0) is 30.7 Å². The molecule has 0 aliphatic rings. The molecule has 0 unspecified atom stereocenters. The number of halogens is 1. The van der Waals surface area contributed by atoms with Crippen LogP contribution < -0.4 is 5.32 Å². The fraction of sp³-hybridized carbons (Fsp3) is 0.267. The van der Waals surface area contributed by atoms with Crippen molar-refractivity contribution >= 4 is 17.5 Å². The van der Waals surface area contributed by atoms with Gasteiger partial charge in [-0.2, -0.15) is 0 Å². The Morgan fingerprint density at radius 3 is 2.85 bits per heavy atom. The Morgan fingerprint density at radius 2 is 2.10 bits per heavy atom. The number of ether oxygens (including phenoxy) is 1. The van der Waals surface area contributed by atoms with Gasteiger partial charge in [-0.3, -0.25) is 4.79 Å². The predicted molar refractivity (Wildman–Crippen MR) is 78.0 cm³/mol. The number of hydrogen-bond acceptors (Lipinski definition) is 3. The van der Waals surface area contributed by atoms with Gasteiger partial charge in [-0.1, -0.05) is 23.7 Å². The first kappa shape index (κ1) is 14.6. The summed E-state index contributed by atoms with van der Waals surface area (Å²) in [6.45, 7) is 1.16. The maximum Gasteiger partial charge on any atom is 0.287 e. The van der Waals surface area contributed by atoms with E-state index in [-0.39, 0.29) is 11.7 Å². The zero-order chi connectivity index (χ0) is 14.4. The van der Waals surface area contributed by atoms with E-state index in [1.165, 1.54) is 0 Å². The van der Waals surface area contributed by atoms with Crippen LogP contribution in [0.1, 0.15) is 17.0 Å². The molecule has 0 radical (unpaired) electrons. The smallest absolute Gasteiger partial charge is 0.287 e. The molecule has 0 saturated carbocycles. The molecule has 1 amide bonds. The number of benzene rings is 1. The third-order valence-electron chi connectivity index (χ3n) is 2.78. The van der Waals surface area contributed by atoms with Crippen molar-refractivity contribution in [2.45, 2.75) is 6.42 Å². The highest BCUT2D eigenvalue weighted by molar-refractivity contribution is 6.33. The molecule has 5 heteroatoms. The van der Waals surface area contributed by atoms with E-state index in [1.807, 2.05) is 18.2 Å². The van der Waals surface area contributed by atoms with Crippen LogP contribution in [0.3, 0.4) is 0 Å². The van der Waals surface area contributed by atoms with E-state index in [0.717, 1.165) is 12.0 Å². The number of methoxy groups -OCH3 is 1. The molecule has 1 aromatic carbocycles. The van der Waals surface area contributed by atoms with Gasteiger partial charge in [-0.25, -0.2) is 0 Å². The summed E-state index contributed by atoms with van der Waals surface area (Å²) in [6, 6.07) is 10.7. The van der Waals surface area contributed by atoms with E-state index < -0.39 is 0 Å². The molecule has 2 aromatic rings. The largest absolute Gasteiger partial charge is 0.451 e. The van der Waals surface area contributed by atoms with Crippen molar-refractivity contribution in [2.75, 3.05) is 20.3 Å². The molecular formula is C15H16ClNO3. The van der Waals surface area contributed by atoms with Crippen LogP contribution in [0.25, 0.3) is 11.3 Å². The van der Waals surface area contributed by atoms with Gasteiger partial charge < -0.3 is 14.5 Å². The monoisotopic (exact) mass is 293 g/mol. The summed E-state index contributed by atoms with van der Waals surface area (Å²) in [5.74, 6) is 0.620. The van der Waals surface area contributed by atoms with Gasteiger partial charge in [0.2, 0.25) is 0 Å². The van der Waals surface area contributed by atoms with Crippen LogP contribution in [-0.4, -0.2) is 26.2 Å². The van der Waals surface area contributed by atoms with Gasteiger partial charge >= 0.3 is 0 Å². The number of carbonyl (C=O) groups excluding carboxylic acids is 1. The number of amides is 1. The van der Waals surface area contributed by atoms with Gasteiger partial charge in [0.25, 0.3) is 5.91 Å². The van der Waals surface area contributed by atoms with Gasteiger partial charge in [0.05, 0.1) is 5.02 Å². The molecule has 1 N–H and O–H groups in total. The summed E-state index contributed by atoms with van der Waals surface area (Å²) in [6.07, 6.45) is 0.764. The minimum Gasteiger partial charge on any atom is -0.451 e. The van der Waals surface area contributed by atoms with Crippen LogP contribution in [0.5, 0.6) is 0 Å². The molecule has 0 spiro atoms. The van der Waals surface area contributed by atoms with Crippen molar-refractivity contribution < 1.29 is 13.9 Å². The third-order valence-corrected chi connectivity index (χ3v) is 3.11. The van der Waals surface area contributed by atoms with E-state index >= 15 is 0 Å². The fourth-order valence-electron chi connectivity index (χ4n) is 1.77. The van der Waals surface area contributed by atoms with Gasteiger partial charge in [-0.15, -0.1) is 0 Å². The average Bonchev–Trinajstić information content (AvgIpc) is 2.93. The second-order valence-electron chi connectivity index (χ2n) is 4.25. The molecule has 0 aliphatic carbocycles. The van der Waals surface area contributed by atoms with Gasteiger partial charge in [0.1, 0.15) is 5.76 Å². The highest BCUT2D eigenvalue weighted by atomic mass is 35.5. The second-order valence-corrected chi connectivity index (χ2v) is 4.65. The topological polar surface area (TPSA) is 51.5 Å². The first-order valence-corrected chi connectivity index (χ1v) is 6.72. The van der Waals surface area contributed by atoms with Crippen LogP contribution >= 0.6 is 11.6 Å². The third kappa shape index (κ3) is 3.62. The van der Waals surface area contributed by atoms with E-state index in [9.17, 15) is 4.79 Å². The summed E-state index contributed by atoms with van der Waals surface area (Å²) < 4.78 is 10.5. The zero-order valence-corrected chi connectivity index (χ0v) is 11.9. The Balaban J connectivity index is 2.02. The summed E-state index contributed by atoms with van der Waals surface area (Å²) in [7, 11) is 1.63. The molecule has 0 bridgehead atoms. The number of hydrogen-bond donors (Lipinski definition) is 1. The first-order valence-electron chi connectivity index (χ1n) is 6.34. The van der Waals surface area contributed by atoms with Crippen LogP contribution in [0.15, 0.2) is 40.8 Å². The van der Waals surface area contributed by atoms with Crippen LogP contribution in [0.4, 0.5) is 0 Å². The van der Waals surface area contributed by atoms with Crippen molar-refractivity contribution in [3.8, 4) is 11.3 Å². The minimum atomic E-state index is -0.237. The highest BCUT2D eigenvalue weighted by Gasteiger charge is 2.13. The highest BCUT2D eigenvalue weighted by Crippen LogP contribution is 2.28. The summed E-state index contributed by atoms with van der Waals surface area (Å²) in [5, 5.41) is 3.36. The van der Waals surface area contributed by atoms with Crippen molar-refractivity contribution in [1.82, 2.24) is 5.32 Å². The number of carbonyl (C=O) groups is 1. The molecule has 0 aliphatic heterocycles. The van der Waals surface area contributed by atoms with Crippen LogP contribution in [0, 0.1) is 0 Å². The molecule has 0 fully saturated rings. The quantitative estimate of drug-likeness (QED) is 0.831. The molecule has 2 rings (SSSR count). The standard InChI is InChI=1S/C15H16ClNO3/c1-19-10-4-9-17-15(18)14-8-7-13(20-14)11-5-2-3-6-12(11)16/h2-3,5-8H,4,9-10H2,1H3,(H,17,18). The Labute approximate surface area is 122 Å². The van der Waals surface area contributed by atoms with Crippen molar-refractivity contribution in [3.63, 3.8) is 0 Å². The molecular weight excluding hydrogens is 278 g/mol. The Kier molecular flexibility index (Phi) is 5.21. The summed E-state index contributed by atoms with van der Waals surface area (Å²) >= 11 is 6.09. The lowest BCUT2D eigenvalue weighted by molar-refractivity contribution is 0.0922. The Hall–Kier alpha value is -1.78. The van der Waals surface area contributed by atoms with Crippen molar-refractivity contribution in [2.24, 2.45) is 0 Å². The molecule has 1 heterocycles. The first-order chi connectivity index (χ1) is 9.72. The number of rotatable bonds is 6. The summed E-state index contributed by atoms with van der Waals surface area (Å²) in [4.78, 5) is 11.9. The predicted octanol–water partition coefficient (Wildman–Crippen LogP) is 3.37.